The zero-order chi connectivity index (χ0) is 43.4. The van der Waals surface area contributed by atoms with Crippen molar-refractivity contribution in [1.29, 1.82) is 0 Å². The van der Waals surface area contributed by atoms with E-state index in [-0.39, 0.29) is 44.0 Å². The van der Waals surface area contributed by atoms with E-state index in [0.717, 1.165) is 69.1 Å². The van der Waals surface area contributed by atoms with Gasteiger partial charge in [0, 0.05) is 84.3 Å². The number of nitrogens with one attached hydrogen (secondary N) is 2. The summed E-state index contributed by atoms with van der Waals surface area (Å²) in [6.45, 7) is 13.6. The van der Waals surface area contributed by atoms with Crippen LogP contribution in [0.25, 0.3) is 33.4 Å². The maximum absolute atomic E-state index is 14.4. The fourth-order valence-electron chi connectivity index (χ4n) is 8.37. The summed E-state index contributed by atoms with van der Waals surface area (Å²) < 4.78 is 36.6. The van der Waals surface area contributed by atoms with Crippen molar-refractivity contribution in [3.63, 3.8) is 0 Å². The van der Waals surface area contributed by atoms with Crippen molar-refractivity contribution in [3.05, 3.63) is 70.1 Å². The van der Waals surface area contributed by atoms with Crippen molar-refractivity contribution in [2.24, 2.45) is 11.3 Å². The Labute approximate surface area is 360 Å². The standard InChI is InChI=1S/C45H57FN8O6S/c1-8-52-36-17-16-29-21-32(36)33(40(52)31-14-11-18-47-39(31)28(4)58-7)23-45(5,6)26-59-38(55)15-9-10-20-54(51-46)43(57)34(22-37-49-35(29)25-61-37)50-42(56)41(27(2)3)60-44-48-24-30-13-12-19-53(30)44/h11,14,16-18,21,24-25,27-28,34,41,51H,8-10,12-13,15,19-20,22-23,26H2,1-7H3,(H,50,56)/t28-,34-,41?/m0/s1. The van der Waals surface area contributed by atoms with E-state index in [0.29, 0.717) is 42.5 Å². The van der Waals surface area contributed by atoms with Crippen molar-refractivity contribution in [1.82, 2.24) is 40.1 Å². The quantitative estimate of drug-likeness (QED) is 0.108. The molecule has 0 spiro atoms. The largest absolute Gasteiger partial charge is 0.465 e. The highest BCUT2D eigenvalue weighted by molar-refractivity contribution is 7.10. The molecule has 4 aromatic heterocycles. The molecule has 0 radical (unpaired) electrons. The average Bonchev–Trinajstić information content (AvgIpc) is 4.05. The minimum Gasteiger partial charge on any atom is -0.465 e. The van der Waals surface area contributed by atoms with Gasteiger partial charge in [0.05, 0.1) is 41.0 Å². The van der Waals surface area contributed by atoms with Crippen LogP contribution in [0.4, 0.5) is 4.48 Å². The zero-order valence-corrected chi connectivity index (χ0v) is 36.9. The third-order valence-electron chi connectivity index (χ3n) is 11.6. The molecule has 0 saturated heterocycles. The number of ether oxygens (including phenoxy) is 3. The first-order valence-corrected chi connectivity index (χ1v) is 22.1. The number of halogens is 1. The summed E-state index contributed by atoms with van der Waals surface area (Å²) in [7, 11) is 1.68. The van der Waals surface area contributed by atoms with Gasteiger partial charge in [0.25, 0.3) is 17.8 Å². The van der Waals surface area contributed by atoms with Crippen molar-refractivity contribution in [2.75, 3.05) is 20.3 Å². The molecule has 14 nitrogen and oxygen atoms in total. The smallest absolute Gasteiger partial charge is 0.305 e. The molecule has 326 valence electrons. The molecule has 0 aliphatic carbocycles. The Hall–Kier alpha value is -5.19. The maximum Gasteiger partial charge on any atom is 0.305 e. The van der Waals surface area contributed by atoms with Crippen molar-refractivity contribution < 1.29 is 33.1 Å². The molecule has 0 fully saturated rings. The lowest BCUT2D eigenvalue weighted by Gasteiger charge is -2.27. The number of hydrogen-bond acceptors (Lipinski definition) is 11. The predicted octanol–water partition coefficient (Wildman–Crippen LogP) is 7.34. The number of carbonyl (C=O) groups is 3. The first-order chi connectivity index (χ1) is 29.3. The number of benzene rings is 1. The monoisotopic (exact) mass is 856 g/mol. The second-order valence-electron chi connectivity index (χ2n) is 17.1. The van der Waals surface area contributed by atoms with Crippen molar-refractivity contribution >= 4 is 40.0 Å². The summed E-state index contributed by atoms with van der Waals surface area (Å²) >= 11 is 1.37. The van der Waals surface area contributed by atoms with Crippen LogP contribution in [0.1, 0.15) is 95.3 Å². The third-order valence-corrected chi connectivity index (χ3v) is 12.5. The van der Waals surface area contributed by atoms with Gasteiger partial charge >= 0.3 is 5.97 Å². The van der Waals surface area contributed by atoms with Crippen molar-refractivity contribution in [3.8, 4) is 28.5 Å². The summed E-state index contributed by atoms with van der Waals surface area (Å²) in [5.41, 5.74) is 8.63. The molecule has 2 N–H and O–H groups in total. The van der Waals surface area contributed by atoms with E-state index in [9.17, 15) is 18.9 Å². The molecule has 16 heteroatoms. The molecule has 5 aromatic rings. The third kappa shape index (κ3) is 9.51. The van der Waals surface area contributed by atoms with Gasteiger partial charge in [-0.05, 0) is 81.7 Å². The number of rotatable bonds is 10. The molecule has 2 amide bonds. The van der Waals surface area contributed by atoms with Crippen molar-refractivity contribution in [2.45, 2.75) is 118 Å². The Bertz CT molecular complexity index is 2370. The van der Waals surface area contributed by atoms with Crippen LogP contribution in [0.15, 0.2) is 48.1 Å². The summed E-state index contributed by atoms with van der Waals surface area (Å²) in [6.07, 6.45) is 5.50. The number of imidazole rings is 1. The molecule has 61 heavy (non-hydrogen) atoms. The first-order valence-electron chi connectivity index (χ1n) is 21.2. The van der Waals surface area contributed by atoms with Gasteiger partial charge in [-0.25, -0.2) is 15.0 Å². The van der Waals surface area contributed by atoms with E-state index >= 15 is 0 Å². The molecule has 3 atom stereocenters. The number of methoxy groups -OCH3 is 1. The molecule has 2 aliphatic heterocycles. The Balaban J connectivity index is 1.28. The molecular formula is C45H57FN8O6S. The van der Waals surface area contributed by atoms with Crippen LogP contribution in [0.3, 0.4) is 0 Å². The van der Waals surface area contributed by atoms with E-state index in [1.807, 2.05) is 42.9 Å². The van der Waals surface area contributed by atoms with Gasteiger partial charge in [0.15, 0.2) is 6.10 Å². The summed E-state index contributed by atoms with van der Waals surface area (Å²) in [5.74, 6) is -1.86. The minimum atomic E-state index is -1.19. The number of pyridine rings is 1. The van der Waals surface area contributed by atoms with E-state index < -0.39 is 29.4 Å². The van der Waals surface area contributed by atoms with Gasteiger partial charge in [-0.15, -0.1) is 15.8 Å². The fourth-order valence-corrected chi connectivity index (χ4v) is 9.22. The molecule has 1 unspecified atom stereocenters. The number of cyclic esters (lactones) is 1. The van der Waals surface area contributed by atoms with Gasteiger partial charge in [0.1, 0.15) is 6.04 Å². The number of hydrogen-bond donors (Lipinski definition) is 2. The minimum absolute atomic E-state index is 0.00283. The fraction of sp³-hybridized carbons (Fsp3) is 0.511. The molecule has 2 aliphatic rings. The summed E-state index contributed by atoms with van der Waals surface area (Å²) in [4.78, 5) is 55.5. The van der Waals surface area contributed by atoms with Gasteiger partial charge in [0.2, 0.25) is 0 Å². The Morgan fingerprint density at radius 2 is 1.92 bits per heavy atom. The molecular weight excluding hydrogens is 800 g/mol. The van der Waals surface area contributed by atoms with Crippen LogP contribution >= 0.6 is 11.3 Å². The number of amides is 2. The van der Waals surface area contributed by atoms with Crippen LogP contribution in [0.2, 0.25) is 0 Å². The van der Waals surface area contributed by atoms with Crippen LogP contribution in [-0.2, 0) is 56.2 Å². The average molecular weight is 857 g/mol. The van der Waals surface area contributed by atoms with E-state index in [4.69, 9.17) is 24.2 Å². The highest BCUT2D eigenvalue weighted by Gasteiger charge is 2.34. The normalized spacial score (nSPS) is 18.6. The summed E-state index contributed by atoms with van der Waals surface area (Å²) in [5, 5.41) is 7.28. The van der Waals surface area contributed by atoms with Gasteiger partial charge < -0.3 is 24.1 Å². The lowest BCUT2D eigenvalue weighted by Crippen LogP contribution is -2.55. The first kappa shape index (κ1) is 43.9. The van der Waals surface area contributed by atoms with Gasteiger partial charge in [-0.3, -0.25) is 23.9 Å². The SMILES string of the molecule is CCn1c(-c2cccnc2[C@H](C)OC)c2c3cc(ccc31)-c1csc(n1)C[C@H](NC(=O)C(Oc1ncc3n1CCC3)C(C)C)C(=O)N(NF)CCCCC(=O)OCC(C)(C)C2. The topological polar surface area (TPSA) is 155 Å². The molecule has 7 rings (SSSR count). The zero-order valence-electron chi connectivity index (χ0n) is 36.1. The van der Waals surface area contributed by atoms with E-state index in [1.54, 1.807) is 19.5 Å². The van der Waals surface area contributed by atoms with Crippen LogP contribution in [-0.4, -0.2) is 79.3 Å². The van der Waals surface area contributed by atoms with Crippen LogP contribution in [0.5, 0.6) is 6.01 Å². The number of carbonyl (C=O) groups excluding carboxylic acids is 3. The van der Waals surface area contributed by atoms with E-state index in [1.165, 1.54) is 17.0 Å². The second kappa shape index (κ2) is 18.8. The Morgan fingerprint density at radius 3 is 2.67 bits per heavy atom. The van der Waals surface area contributed by atoms with Crippen LogP contribution < -0.4 is 15.7 Å². The molecule has 4 bridgehead atoms. The van der Waals surface area contributed by atoms with Gasteiger partial charge in [-0.1, -0.05) is 39.4 Å². The van der Waals surface area contributed by atoms with Crippen LogP contribution in [0, 0.1) is 11.3 Å². The molecule has 6 heterocycles. The number of fused-ring (bicyclic) bond motifs is 5. The number of aryl methyl sites for hydroxylation is 2. The number of thiazole rings is 1. The van der Waals surface area contributed by atoms with E-state index in [2.05, 4.69) is 53.8 Å². The molecule has 0 saturated carbocycles. The number of aromatic nitrogens is 5. The number of esters is 1. The Morgan fingerprint density at radius 1 is 1.10 bits per heavy atom. The summed E-state index contributed by atoms with van der Waals surface area (Å²) in [6, 6.07) is 9.48. The highest BCUT2D eigenvalue weighted by Crippen LogP contribution is 2.42. The number of hydrazine groups is 1. The van der Waals surface area contributed by atoms with Gasteiger partial charge in [-0.2, -0.15) is 0 Å². The lowest BCUT2D eigenvalue weighted by molar-refractivity contribution is -0.147. The lowest BCUT2D eigenvalue weighted by atomic mass is 9.84. The Kier molecular flexibility index (Phi) is 13.5. The number of nitrogens with zero attached hydrogens (tertiary/aromatic N) is 6. The second-order valence-corrected chi connectivity index (χ2v) is 18.1. The highest BCUT2D eigenvalue weighted by atomic mass is 32.1. The predicted molar refractivity (Wildman–Crippen MR) is 231 cm³/mol. The maximum atomic E-state index is 14.4. The molecule has 1 aromatic carbocycles.